The van der Waals surface area contributed by atoms with Crippen LogP contribution in [0, 0.1) is 0 Å². The topological polar surface area (TPSA) is 84.7 Å². The summed E-state index contributed by atoms with van der Waals surface area (Å²) in [6.07, 6.45) is 0. The molecule has 3 heterocycles. The number of methoxy groups -OCH3 is 1. The van der Waals surface area contributed by atoms with Gasteiger partial charge in [0.1, 0.15) is 0 Å². The largest absolute Gasteiger partial charge is 0.481 e. The second-order valence-corrected chi connectivity index (χ2v) is 6.97. The van der Waals surface area contributed by atoms with Gasteiger partial charge in [-0.1, -0.05) is 11.8 Å². The van der Waals surface area contributed by atoms with Crippen LogP contribution in [0.3, 0.4) is 0 Å². The second-order valence-electron chi connectivity index (χ2n) is 6.05. The van der Waals surface area contributed by atoms with Gasteiger partial charge in [0.15, 0.2) is 0 Å². The van der Waals surface area contributed by atoms with Crippen molar-refractivity contribution in [2.45, 2.75) is 6.04 Å². The van der Waals surface area contributed by atoms with Crippen molar-refractivity contribution in [3.63, 3.8) is 0 Å². The van der Waals surface area contributed by atoms with E-state index in [1.807, 2.05) is 6.07 Å². The number of ether oxygens (including phenoxy) is 1. The molecule has 0 unspecified atom stereocenters. The number of aromatic nitrogens is 2. The quantitative estimate of drug-likeness (QED) is 0.815. The van der Waals surface area contributed by atoms with Crippen LogP contribution in [0.4, 0.5) is 4.79 Å². The normalized spacial score (nSPS) is 18.2. The summed E-state index contributed by atoms with van der Waals surface area (Å²) in [6, 6.07) is 5.08. The number of nitrogens with zero attached hydrogens (tertiary/aromatic N) is 4. The van der Waals surface area contributed by atoms with E-state index in [4.69, 9.17) is 4.74 Å². The van der Waals surface area contributed by atoms with Crippen LogP contribution in [0.25, 0.3) is 10.9 Å². The Hall–Kier alpha value is -2.55. The molecule has 1 aromatic carbocycles. The molecule has 9 heteroatoms. The Kier molecular flexibility index (Phi) is 3.68. The van der Waals surface area contributed by atoms with Crippen LogP contribution in [0.1, 0.15) is 10.4 Å². The van der Waals surface area contributed by atoms with Crippen molar-refractivity contribution in [1.82, 2.24) is 19.6 Å². The third-order valence-electron chi connectivity index (χ3n) is 4.52. The first-order valence-electron chi connectivity index (χ1n) is 7.78. The van der Waals surface area contributed by atoms with E-state index in [1.165, 1.54) is 4.90 Å². The molecule has 2 fully saturated rings. The van der Waals surface area contributed by atoms with Gasteiger partial charge >= 0.3 is 0 Å². The fourth-order valence-corrected chi connectivity index (χ4v) is 4.01. The van der Waals surface area contributed by atoms with Gasteiger partial charge in [0.2, 0.25) is 11.8 Å². The molecular weight excluding hydrogens is 344 g/mol. The lowest BCUT2D eigenvalue weighted by molar-refractivity contribution is -0.128. The van der Waals surface area contributed by atoms with Crippen LogP contribution in [0.2, 0.25) is 0 Å². The molecule has 2 aliphatic rings. The average molecular weight is 360 g/mol. The van der Waals surface area contributed by atoms with E-state index in [0.717, 1.165) is 17.1 Å². The Morgan fingerprint density at radius 2 is 2.08 bits per heavy atom. The highest BCUT2D eigenvalue weighted by atomic mass is 32.2. The predicted molar refractivity (Wildman–Crippen MR) is 91.7 cm³/mol. The first-order valence-corrected chi connectivity index (χ1v) is 8.77. The summed E-state index contributed by atoms with van der Waals surface area (Å²) in [6.45, 7) is 0.751. The smallest absolute Gasteiger partial charge is 0.289 e. The number of hydrogen-bond acceptors (Lipinski definition) is 6. The van der Waals surface area contributed by atoms with Crippen LogP contribution in [0.5, 0.6) is 5.88 Å². The third-order valence-corrected chi connectivity index (χ3v) is 5.35. The lowest BCUT2D eigenvalue weighted by atomic mass is 10.0. The van der Waals surface area contributed by atoms with Gasteiger partial charge < -0.3 is 9.64 Å². The van der Waals surface area contributed by atoms with Gasteiger partial charge in [-0.3, -0.25) is 19.3 Å². The highest BCUT2D eigenvalue weighted by Gasteiger charge is 2.43. The van der Waals surface area contributed by atoms with Crippen molar-refractivity contribution in [1.29, 1.82) is 0 Å². The lowest BCUT2D eigenvalue weighted by Gasteiger charge is -2.42. The molecule has 8 nitrogen and oxygen atoms in total. The minimum absolute atomic E-state index is 0.130. The zero-order valence-corrected chi connectivity index (χ0v) is 14.6. The van der Waals surface area contributed by atoms with Crippen molar-refractivity contribution in [2.24, 2.45) is 7.05 Å². The Morgan fingerprint density at radius 3 is 2.72 bits per heavy atom. The predicted octanol–water partition coefficient (Wildman–Crippen LogP) is 1.10. The summed E-state index contributed by atoms with van der Waals surface area (Å²) in [5, 5.41) is 4.97. The minimum Gasteiger partial charge on any atom is -0.481 e. The second kappa shape index (κ2) is 5.76. The number of fused-ring (bicyclic) bond motifs is 1. The van der Waals surface area contributed by atoms with Crippen LogP contribution in [-0.2, 0) is 11.8 Å². The van der Waals surface area contributed by atoms with Crippen molar-refractivity contribution in [3.8, 4) is 5.88 Å². The van der Waals surface area contributed by atoms with E-state index < -0.39 is 0 Å². The molecule has 0 atom stereocenters. The lowest BCUT2D eigenvalue weighted by Crippen LogP contribution is -2.62. The molecule has 0 bridgehead atoms. The Labute approximate surface area is 147 Å². The SMILES string of the molecule is COc1c2ccc(C(=O)N3CC(N4C(=O)CSC4=O)C3)cc2nn1C. The number of carbonyl (C=O) groups excluding carboxylic acids is 3. The summed E-state index contributed by atoms with van der Waals surface area (Å²) in [5.41, 5.74) is 1.21. The average Bonchev–Trinajstić information content (AvgIpc) is 3.04. The molecule has 0 radical (unpaired) electrons. The number of hydrogen-bond donors (Lipinski definition) is 0. The molecule has 2 aliphatic heterocycles. The summed E-state index contributed by atoms with van der Waals surface area (Å²) >= 11 is 1.02. The number of rotatable bonds is 3. The van der Waals surface area contributed by atoms with E-state index in [-0.39, 0.29) is 28.8 Å². The van der Waals surface area contributed by atoms with Gasteiger partial charge in [-0.15, -0.1) is 0 Å². The summed E-state index contributed by atoms with van der Waals surface area (Å²) in [7, 11) is 3.36. The van der Waals surface area contributed by atoms with Crippen LogP contribution in [-0.4, -0.2) is 68.6 Å². The van der Waals surface area contributed by atoms with Crippen molar-refractivity contribution in [3.05, 3.63) is 23.8 Å². The third kappa shape index (κ3) is 2.46. The van der Waals surface area contributed by atoms with Gasteiger partial charge in [0, 0.05) is 25.7 Å². The molecule has 130 valence electrons. The Bertz CT molecular complexity index is 887. The number of carbonyl (C=O) groups is 3. The van der Waals surface area contributed by atoms with Gasteiger partial charge in [-0.05, 0) is 18.2 Å². The van der Waals surface area contributed by atoms with E-state index in [2.05, 4.69) is 5.10 Å². The van der Waals surface area contributed by atoms with Gasteiger partial charge in [0.05, 0.1) is 29.8 Å². The van der Waals surface area contributed by atoms with Gasteiger partial charge in [-0.2, -0.15) is 5.10 Å². The number of likely N-dealkylation sites (tertiary alicyclic amines) is 1. The monoisotopic (exact) mass is 360 g/mol. The summed E-state index contributed by atoms with van der Waals surface area (Å²) < 4.78 is 6.93. The van der Waals surface area contributed by atoms with Crippen LogP contribution < -0.4 is 4.74 Å². The molecule has 0 N–H and O–H groups in total. The maximum Gasteiger partial charge on any atom is 0.289 e. The first kappa shape index (κ1) is 15.9. The number of benzene rings is 1. The zero-order chi connectivity index (χ0) is 17.7. The standard InChI is InChI=1S/C16H16N4O4S/c1-18-15(24-2)11-4-3-9(5-12(11)17-18)14(22)19-6-10(7-19)20-13(21)8-25-16(20)23/h3-5,10H,6-8H2,1-2H3. The zero-order valence-electron chi connectivity index (χ0n) is 13.8. The Morgan fingerprint density at radius 1 is 1.32 bits per heavy atom. The number of thioether (sulfide) groups is 1. The molecule has 0 spiro atoms. The van der Waals surface area contributed by atoms with Crippen molar-refractivity contribution >= 4 is 39.7 Å². The highest BCUT2D eigenvalue weighted by Crippen LogP contribution is 2.29. The molecule has 0 saturated carbocycles. The number of aryl methyl sites for hydroxylation is 1. The molecule has 0 aliphatic carbocycles. The summed E-state index contributed by atoms with van der Waals surface area (Å²) in [4.78, 5) is 39.0. The molecular formula is C16H16N4O4S. The Balaban J connectivity index is 1.50. The molecule has 25 heavy (non-hydrogen) atoms. The van der Waals surface area contributed by atoms with Crippen molar-refractivity contribution < 1.29 is 19.1 Å². The summed E-state index contributed by atoms with van der Waals surface area (Å²) in [5.74, 6) is 0.534. The number of imide groups is 1. The maximum atomic E-state index is 12.6. The fourth-order valence-electron chi connectivity index (χ4n) is 3.24. The highest BCUT2D eigenvalue weighted by molar-refractivity contribution is 8.14. The molecule has 1 aromatic heterocycles. The molecule has 3 amide bonds. The van der Waals surface area contributed by atoms with Gasteiger partial charge in [-0.25, -0.2) is 4.68 Å². The minimum atomic E-state index is -0.218. The van der Waals surface area contributed by atoms with E-state index in [0.29, 0.717) is 30.0 Å². The van der Waals surface area contributed by atoms with Crippen molar-refractivity contribution in [2.75, 3.05) is 26.0 Å². The molecule has 2 aromatic rings. The number of amides is 3. The fraction of sp³-hybridized carbons (Fsp3) is 0.375. The maximum absolute atomic E-state index is 12.6. The molecule has 2 saturated heterocycles. The first-order chi connectivity index (χ1) is 12.0. The van der Waals surface area contributed by atoms with E-state index in [1.54, 1.807) is 35.9 Å². The van der Waals surface area contributed by atoms with Gasteiger partial charge in [0.25, 0.3) is 11.1 Å². The van der Waals surface area contributed by atoms with Crippen LogP contribution >= 0.6 is 11.8 Å². The van der Waals surface area contributed by atoms with E-state index in [9.17, 15) is 14.4 Å². The van der Waals surface area contributed by atoms with Crippen LogP contribution in [0.15, 0.2) is 18.2 Å². The van der Waals surface area contributed by atoms with E-state index >= 15 is 0 Å². The molecule has 4 rings (SSSR count).